The molecule has 1 N–H and O–H groups in total. The molecule has 4 heteroatoms. The summed E-state index contributed by atoms with van der Waals surface area (Å²) in [6.45, 7) is 0.608. The first-order valence-corrected chi connectivity index (χ1v) is 9.96. The predicted molar refractivity (Wildman–Crippen MR) is 118 cm³/mol. The summed E-state index contributed by atoms with van der Waals surface area (Å²) in [4.78, 5) is 14.9. The number of nitrogens with zero attached hydrogens (tertiary/aromatic N) is 1. The van der Waals surface area contributed by atoms with E-state index in [0.29, 0.717) is 13.0 Å². The monoisotopic (exact) mass is 386 g/mol. The normalized spacial score (nSPS) is 12.5. The standard InChI is InChI=1S/C25H26N2O2/c1-27(2)21(14-18-8-4-3-5-9-18)16-26-24(28)15-20-17-29-23-13-12-19-10-6-7-11-22(19)25(20)23/h3-13,17,21H,14-16H2,1-2H3,(H,26,28)/t21-/m1/s1. The number of likely N-dealkylation sites (N-methyl/N-ethyl adjacent to an activating group) is 1. The van der Waals surface area contributed by atoms with Gasteiger partial charge in [0.25, 0.3) is 0 Å². The molecule has 1 aromatic heterocycles. The number of nitrogens with one attached hydrogen (secondary N) is 1. The zero-order valence-corrected chi connectivity index (χ0v) is 16.9. The fraction of sp³-hybridized carbons (Fsp3) is 0.240. The van der Waals surface area contributed by atoms with E-state index in [1.54, 1.807) is 6.26 Å². The van der Waals surface area contributed by atoms with Gasteiger partial charge in [-0.2, -0.15) is 0 Å². The zero-order valence-electron chi connectivity index (χ0n) is 16.9. The van der Waals surface area contributed by atoms with Crippen LogP contribution in [0.5, 0.6) is 0 Å². The average Bonchev–Trinajstić information content (AvgIpc) is 3.15. The van der Waals surface area contributed by atoms with Gasteiger partial charge in [-0.05, 0) is 42.9 Å². The minimum atomic E-state index is 0.0144. The Bertz CT molecular complexity index is 1120. The van der Waals surface area contributed by atoms with E-state index in [2.05, 4.69) is 66.8 Å². The number of benzene rings is 3. The number of fused-ring (bicyclic) bond motifs is 3. The molecule has 148 valence electrons. The van der Waals surface area contributed by atoms with Crippen LogP contribution in [0.3, 0.4) is 0 Å². The molecule has 1 heterocycles. The van der Waals surface area contributed by atoms with Gasteiger partial charge >= 0.3 is 0 Å². The van der Waals surface area contributed by atoms with Crippen molar-refractivity contribution in [2.45, 2.75) is 18.9 Å². The first-order chi connectivity index (χ1) is 14.1. The predicted octanol–water partition coefficient (Wildman–Crippen LogP) is 4.42. The molecule has 1 atom stereocenters. The highest BCUT2D eigenvalue weighted by Gasteiger charge is 2.16. The molecule has 29 heavy (non-hydrogen) atoms. The Balaban J connectivity index is 1.46. The van der Waals surface area contributed by atoms with Gasteiger partial charge in [0.15, 0.2) is 0 Å². The summed E-state index contributed by atoms with van der Waals surface area (Å²) in [6.07, 6.45) is 2.92. The van der Waals surface area contributed by atoms with Crippen LogP contribution < -0.4 is 5.32 Å². The van der Waals surface area contributed by atoms with E-state index in [1.165, 1.54) is 5.56 Å². The molecule has 0 bridgehead atoms. The molecule has 4 aromatic rings. The van der Waals surface area contributed by atoms with Crippen molar-refractivity contribution in [1.29, 1.82) is 0 Å². The quantitative estimate of drug-likeness (QED) is 0.511. The number of carbonyl (C=O) groups excluding carboxylic acids is 1. The van der Waals surface area contributed by atoms with Crippen molar-refractivity contribution < 1.29 is 9.21 Å². The summed E-state index contributed by atoms with van der Waals surface area (Å²) >= 11 is 0. The van der Waals surface area contributed by atoms with Crippen LogP contribution in [0.15, 0.2) is 77.4 Å². The number of hydrogen-bond acceptors (Lipinski definition) is 3. The molecule has 0 unspecified atom stereocenters. The molecule has 0 fully saturated rings. The van der Waals surface area contributed by atoms with Crippen molar-refractivity contribution in [3.63, 3.8) is 0 Å². The summed E-state index contributed by atoms with van der Waals surface area (Å²) in [5, 5.41) is 6.42. The SMILES string of the molecule is CN(C)[C@@H](CNC(=O)Cc1coc2ccc3ccccc3c12)Cc1ccccc1. The van der Waals surface area contributed by atoms with Gasteiger partial charge in [0, 0.05) is 23.5 Å². The molecule has 0 aliphatic heterocycles. The van der Waals surface area contributed by atoms with Crippen molar-refractivity contribution in [3.8, 4) is 0 Å². The van der Waals surface area contributed by atoms with Gasteiger partial charge in [0.1, 0.15) is 5.58 Å². The van der Waals surface area contributed by atoms with Crippen molar-refractivity contribution in [3.05, 3.63) is 84.1 Å². The highest BCUT2D eigenvalue weighted by Crippen LogP contribution is 2.30. The fourth-order valence-electron chi connectivity index (χ4n) is 3.80. The lowest BCUT2D eigenvalue weighted by Gasteiger charge is -2.24. The van der Waals surface area contributed by atoms with Gasteiger partial charge in [-0.3, -0.25) is 4.79 Å². The Kier molecular flexibility index (Phi) is 5.63. The van der Waals surface area contributed by atoms with Crippen LogP contribution in [0.25, 0.3) is 21.7 Å². The maximum atomic E-state index is 12.7. The lowest BCUT2D eigenvalue weighted by molar-refractivity contribution is -0.120. The first-order valence-electron chi connectivity index (χ1n) is 9.96. The van der Waals surface area contributed by atoms with Crippen LogP contribution in [0.1, 0.15) is 11.1 Å². The van der Waals surface area contributed by atoms with E-state index in [0.717, 1.165) is 33.7 Å². The molecule has 0 radical (unpaired) electrons. The second-order valence-corrected chi connectivity index (χ2v) is 7.71. The summed E-state index contributed by atoms with van der Waals surface area (Å²) < 4.78 is 5.71. The lowest BCUT2D eigenvalue weighted by Crippen LogP contribution is -2.42. The Morgan fingerprint density at radius 3 is 2.55 bits per heavy atom. The maximum absolute atomic E-state index is 12.7. The topological polar surface area (TPSA) is 45.5 Å². The van der Waals surface area contributed by atoms with Gasteiger partial charge in [-0.25, -0.2) is 0 Å². The van der Waals surface area contributed by atoms with Gasteiger partial charge < -0.3 is 14.6 Å². The van der Waals surface area contributed by atoms with Gasteiger partial charge in [-0.15, -0.1) is 0 Å². The minimum absolute atomic E-state index is 0.0144. The minimum Gasteiger partial charge on any atom is -0.464 e. The third-order valence-electron chi connectivity index (χ3n) is 5.47. The van der Waals surface area contributed by atoms with Gasteiger partial charge in [0.2, 0.25) is 5.91 Å². The average molecular weight is 386 g/mol. The summed E-state index contributed by atoms with van der Waals surface area (Å²) in [5.41, 5.74) is 3.02. The van der Waals surface area contributed by atoms with E-state index in [9.17, 15) is 4.79 Å². The van der Waals surface area contributed by atoms with Gasteiger partial charge in [-0.1, -0.05) is 60.7 Å². The molecule has 4 rings (SSSR count). The molecule has 3 aromatic carbocycles. The van der Waals surface area contributed by atoms with E-state index in [-0.39, 0.29) is 11.9 Å². The van der Waals surface area contributed by atoms with E-state index >= 15 is 0 Å². The Morgan fingerprint density at radius 2 is 1.76 bits per heavy atom. The van der Waals surface area contributed by atoms with E-state index < -0.39 is 0 Å². The fourth-order valence-corrected chi connectivity index (χ4v) is 3.80. The third-order valence-corrected chi connectivity index (χ3v) is 5.47. The Labute approximate surface area is 171 Å². The van der Waals surface area contributed by atoms with E-state index in [4.69, 9.17) is 4.42 Å². The van der Waals surface area contributed by atoms with Crippen molar-refractivity contribution in [2.75, 3.05) is 20.6 Å². The van der Waals surface area contributed by atoms with E-state index in [1.807, 2.05) is 24.3 Å². The summed E-state index contributed by atoms with van der Waals surface area (Å²) in [5.74, 6) is 0.0144. The van der Waals surface area contributed by atoms with Crippen molar-refractivity contribution >= 4 is 27.6 Å². The van der Waals surface area contributed by atoms with Crippen molar-refractivity contribution in [1.82, 2.24) is 10.2 Å². The second kappa shape index (κ2) is 8.50. The van der Waals surface area contributed by atoms with Crippen LogP contribution in [0.4, 0.5) is 0 Å². The molecular weight excluding hydrogens is 360 g/mol. The van der Waals surface area contributed by atoms with Crippen LogP contribution in [-0.2, 0) is 17.6 Å². The van der Waals surface area contributed by atoms with Crippen LogP contribution in [0.2, 0.25) is 0 Å². The molecule has 0 saturated carbocycles. The van der Waals surface area contributed by atoms with Crippen LogP contribution in [0, 0.1) is 0 Å². The highest BCUT2D eigenvalue weighted by molar-refractivity contribution is 6.08. The summed E-state index contributed by atoms with van der Waals surface area (Å²) in [6, 6.07) is 22.8. The lowest BCUT2D eigenvalue weighted by atomic mass is 10.0. The van der Waals surface area contributed by atoms with Crippen molar-refractivity contribution in [2.24, 2.45) is 0 Å². The van der Waals surface area contributed by atoms with Crippen LogP contribution >= 0.6 is 0 Å². The Morgan fingerprint density at radius 1 is 1.00 bits per heavy atom. The number of amides is 1. The molecule has 0 spiro atoms. The number of hydrogen-bond donors (Lipinski definition) is 1. The molecule has 4 nitrogen and oxygen atoms in total. The number of carbonyl (C=O) groups is 1. The Hall–Kier alpha value is -3.11. The smallest absolute Gasteiger partial charge is 0.224 e. The third kappa shape index (κ3) is 4.33. The van der Waals surface area contributed by atoms with Gasteiger partial charge in [0.05, 0.1) is 12.7 Å². The molecule has 1 amide bonds. The second-order valence-electron chi connectivity index (χ2n) is 7.71. The molecule has 0 aliphatic rings. The molecular formula is C25H26N2O2. The number of rotatable bonds is 7. The highest BCUT2D eigenvalue weighted by atomic mass is 16.3. The maximum Gasteiger partial charge on any atom is 0.224 e. The number of furan rings is 1. The molecule has 0 saturated heterocycles. The summed E-state index contributed by atoms with van der Waals surface area (Å²) in [7, 11) is 4.10. The largest absolute Gasteiger partial charge is 0.464 e. The zero-order chi connectivity index (χ0) is 20.2. The first kappa shape index (κ1) is 19.2. The van der Waals surface area contributed by atoms with Crippen LogP contribution in [-0.4, -0.2) is 37.5 Å². The molecule has 0 aliphatic carbocycles.